The summed E-state index contributed by atoms with van der Waals surface area (Å²) < 4.78 is 11.8. The molecule has 1 aromatic heterocycles. The van der Waals surface area contributed by atoms with Crippen LogP contribution in [0.1, 0.15) is 39.3 Å². The zero-order valence-corrected chi connectivity index (χ0v) is 12.9. The van der Waals surface area contributed by atoms with Crippen LogP contribution in [0.5, 0.6) is 0 Å². The SMILES string of the molecule is CCC.NCC(=O)OCC1CC[C@H](n2ccc(=O)[nH]c2=O)O1. The molecule has 2 atom stereocenters. The van der Waals surface area contributed by atoms with Gasteiger partial charge in [-0.1, -0.05) is 20.3 Å². The number of nitrogens with two attached hydrogens (primary N) is 1. The molecule has 0 bridgehead atoms. The van der Waals surface area contributed by atoms with Crippen molar-refractivity contribution in [1.82, 2.24) is 9.55 Å². The molecule has 0 aromatic carbocycles. The molecule has 1 unspecified atom stereocenters. The Morgan fingerprint density at radius 1 is 1.45 bits per heavy atom. The van der Waals surface area contributed by atoms with E-state index in [0.29, 0.717) is 12.8 Å². The van der Waals surface area contributed by atoms with Gasteiger partial charge in [0.2, 0.25) is 0 Å². The molecule has 8 heteroatoms. The first-order valence-corrected chi connectivity index (χ1v) is 7.34. The van der Waals surface area contributed by atoms with Gasteiger partial charge in [-0.15, -0.1) is 0 Å². The average molecular weight is 313 g/mol. The topological polar surface area (TPSA) is 116 Å². The molecule has 1 aliphatic heterocycles. The Balaban J connectivity index is 0.000000745. The summed E-state index contributed by atoms with van der Waals surface area (Å²) in [5.41, 5.74) is 4.15. The lowest BCUT2D eigenvalue weighted by molar-refractivity contribution is -0.146. The van der Waals surface area contributed by atoms with Gasteiger partial charge < -0.3 is 15.2 Å². The number of nitrogens with one attached hydrogen (secondary N) is 1. The minimum absolute atomic E-state index is 0.116. The molecule has 0 radical (unpaired) electrons. The van der Waals surface area contributed by atoms with Crippen LogP contribution >= 0.6 is 0 Å². The maximum atomic E-state index is 11.6. The first-order chi connectivity index (χ1) is 10.5. The van der Waals surface area contributed by atoms with Crippen LogP contribution in [-0.4, -0.2) is 34.8 Å². The summed E-state index contributed by atoms with van der Waals surface area (Å²) in [5.74, 6) is -0.492. The van der Waals surface area contributed by atoms with Gasteiger partial charge in [-0.05, 0) is 12.8 Å². The third kappa shape index (κ3) is 5.45. The first-order valence-electron chi connectivity index (χ1n) is 7.34. The first kappa shape index (κ1) is 18.1. The number of hydrogen-bond acceptors (Lipinski definition) is 6. The fourth-order valence-corrected chi connectivity index (χ4v) is 1.91. The van der Waals surface area contributed by atoms with Crippen LogP contribution in [0.25, 0.3) is 0 Å². The van der Waals surface area contributed by atoms with Gasteiger partial charge in [0, 0.05) is 12.3 Å². The Morgan fingerprint density at radius 3 is 2.73 bits per heavy atom. The van der Waals surface area contributed by atoms with E-state index in [1.54, 1.807) is 0 Å². The maximum Gasteiger partial charge on any atom is 0.330 e. The molecule has 2 rings (SSSR count). The summed E-state index contributed by atoms with van der Waals surface area (Å²) in [6, 6.07) is 1.26. The standard InChI is InChI=1S/C11H15N3O5.C3H8/c12-5-10(16)18-6-7-1-2-9(19-7)14-4-3-8(15)13-11(14)17;1-3-2/h3-4,7,9H,1-2,5-6,12H2,(H,13,15,17);3H2,1-2H3/t7?,9-;/m1./s1. The molecular weight excluding hydrogens is 290 g/mol. The lowest BCUT2D eigenvalue weighted by Gasteiger charge is -2.15. The fraction of sp³-hybridized carbons (Fsp3) is 0.643. The number of carbonyl (C=O) groups is 1. The third-order valence-corrected chi connectivity index (χ3v) is 2.84. The molecule has 8 nitrogen and oxygen atoms in total. The van der Waals surface area contributed by atoms with Crippen LogP contribution in [0, 0.1) is 0 Å². The number of hydrogen-bond donors (Lipinski definition) is 2. The van der Waals surface area contributed by atoms with Crippen molar-refractivity contribution in [2.75, 3.05) is 13.2 Å². The van der Waals surface area contributed by atoms with Crippen molar-refractivity contribution in [3.05, 3.63) is 33.1 Å². The van der Waals surface area contributed by atoms with E-state index in [9.17, 15) is 14.4 Å². The molecule has 0 saturated carbocycles. The Morgan fingerprint density at radius 2 is 2.14 bits per heavy atom. The summed E-state index contributed by atoms with van der Waals surface area (Å²) in [6.07, 6.45) is 3.19. The summed E-state index contributed by atoms with van der Waals surface area (Å²) in [4.78, 5) is 35.6. The summed E-state index contributed by atoms with van der Waals surface area (Å²) in [6.45, 7) is 4.19. The molecule has 2 heterocycles. The molecule has 22 heavy (non-hydrogen) atoms. The Kier molecular flexibility index (Phi) is 7.55. The van der Waals surface area contributed by atoms with Gasteiger partial charge in [0.1, 0.15) is 12.8 Å². The van der Waals surface area contributed by atoms with E-state index in [4.69, 9.17) is 15.2 Å². The van der Waals surface area contributed by atoms with E-state index in [-0.39, 0.29) is 19.3 Å². The van der Waals surface area contributed by atoms with E-state index < -0.39 is 23.4 Å². The van der Waals surface area contributed by atoms with Crippen LogP contribution in [-0.2, 0) is 14.3 Å². The van der Waals surface area contributed by atoms with Crippen LogP contribution in [0.15, 0.2) is 21.9 Å². The average Bonchev–Trinajstić information content (AvgIpc) is 2.94. The molecule has 0 spiro atoms. The highest BCUT2D eigenvalue weighted by molar-refractivity contribution is 5.71. The number of aromatic amines is 1. The minimum Gasteiger partial charge on any atom is -0.462 e. The van der Waals surface area contributed by atoms with E-state index in [1.807, 2.05) is 0 Å². The van der Waals surface area contributed by atoms with E-state index in [2.05, 4.69) is 18.8 Å². The van der Waals surface area contributed by atoms with Crippen LogP contribution < -0.4 is 17.0 Å². The van der Waals surface area contributed by atoms with Crippen LogP contribution in [0.3, 0.4) is 0 Å². The number of aromatic nitrogens is 2. The van der Waals surface area contributed by atoms with E-state index in [0.717, 1.165) is 0 Å². The lowest BCUT2D eigenvalue weighted by Crippen LogP contribution is -2.32. The number of ether oxygens (including phenoxy) is 2. The van der Waals surface area contributed by atoms with Crippen molar-refractivity contribution in [3.63, 3.8) is 0 Å². The second kappa shape index (κ2) is 9.16. The number of carbonyl (C=O) groups excluding carboxylic acids is 1. The predicted molar refractivity (Wildman–Crippen MR) is 80.4 cm³/mol. The summed E-state index contributed by atoms with van der Waals surface area (Å²) >= 11 is 0. The Hall–Kier alpha value is -1.93. The van der Waals surface area contributed by atoms with Crippen LogP contribution in [0.4, 0.5) is 0 Å². The molecule has 1 saturated heterocycles. The van der Waals surface area contributed by atoms with E-state index >= 15 is 0 Å². The lowest BCUT2D eigenvalue weighted by atomic mass is 10.2. The van der Waals surface area contributed by atoms with Crippen molar-refractivity contribution in [2.45, 2.75) is 45.4 Å². The minimum atomic E-state index is -0.517. The fourth-order valence-electron chi connectivity index (χ4n) is 1.91. The van der Waals surface area contributed by atoms with Crippen molar-refractivity contribution >= 4 is 5.97 Å². The smallest absolute Gasteiger partial charge is 0.330 e. The normalized spacial score (nSPS) is 20.1. The number of H-pyrrole nitrogens is 1. The molecule has 3 N–H and O–H groups in total. The molecule has 0 aliphatic carbocycles. The zero-order valence-electron chi connectivity index (χ0n) is 12.9. The van der Waals surface area contributed by atoms with E-state index in [1.165, 1.54) is 23.3 Å². The molecule has 124 valence electrons. The van der Waals surface area contributed by atoms with Gasteiger partial charge >= 0.3 is 11.7 Å². The molecule has 0 amide bonds. The number of esters is 1. The second-order valence-corrected chi connectivity index (χ2v) is 4.90. The highest BCUT2D eigenvalue weighted by Crippen LogP contribution is 2.26. The van der Waals surface area contributed by atoms with Gasteiger partial charge in [-0.25, -0.2) is 4.79 Å². The highest BCUT2D eigenvalue weighted by Gasteiger charge is 2.28. The molecular formula is C14H23N3O5. The largest absolute Gasteiger partial charge is 0.462 e. The van der Waals surface area contributed by atoms with Crippen LogP contribution in [0.2, 0.25) is 0 Å². The second-order valence-electron chi connectivity index (χ2n) is 4.90. The molecule has 1 aromatic rings. The monoisotopic (exact) mass is 313 g/mol. The van der Waals surface area contributed by atoms with Crippen molar-refractivity contribution in [2.24, 2.45) is 5.73 Å². The van der Waals surface area contributed by atoms with Gasteiger partial charge in [0.05, 0.1) is 12.6 Å². The maximum absolute atomic E-state index is 11.6. The van der Waals surface area contributed by atoms with Crippen molar-refractivity contribution in [3.8, 4) is 0 Å². The summed E-state index contributed by atoms with van der Waals surface area (Å²) in [7, 11) is 0. The molecule has 1 aliphatic rings. The Labute approximate surface area is 128 Å². The van der Waals surface area contributed by atoms with Gasteiger partial charge in [-0.2, -0.15) is 0 Å². The zero-order chi connectivity index (χ0) is 16.5. The molecule has 1 fully saturated rings. The summed E-state index contributed by atoms with van der Waals surface area (Å²) in [5, 5.41) is 0. The van der Waals surface area contributed by atoms with Crippen molar-refractivity contribution in [1.29, 1.82) is 0 Å². The van der Waals surface area contributed by atoms with Gasteiger partial charge in [-0.3, -0.25) is 19.1 Å². The number of rotatable bonds is 4. The third-order valence-electron chi connectivity index (χ3n) is 2.84. The highest BCUT2D eigenvalue weighted by atomic mass is 16.6. The number of nitrogens with zero attached hydrogens (tertiary/aromatic N) is 1. The van der Waals surface area contributed by atoms with Gasteiger partial charge in [0.25, 0.3) is 5.56 Å². The Bertz CT molecular complexity index is 580. The van der Waals surface area contributed by atoms with Gasteiger partial charge in [0.15, 0.2) is 0 Å². The quantitative estimate of drug-likeness (QED) is 0.763. The van der Waals surface area contributed by atoms with Crippen molar-refractivity contribution < 1.29 is 14.3 Å². The predicted octanol–water partition coefficient (Wildman–Crippen LogP) is 0.132.